The molecule has 0 aliphatic heterocycles. The van der Waals surface area contributed by atoms with Crippen LogP contribution in [0.3, 0.4) is 0 Å². The maximum absolute atomic E-state index is 11.8. The topological polar surface area (TPSA) is 55.8 Å². The van der Waals surface area contributed by atoms with E-state index in [0.717, 1.165) is 5.56 Å². The molecule has 0 fully saturated rings. The predicted molar refractivity (Wildman–Crippen MR) is 92.6 cm³/mol. The van der Waals surface area contributed by atoms with E-state index in [4.69, 9.17) is 21.1 Å². The van der Waals surface area contributed by atoms with Crippen molar-refractivity contribution in [1.82, 2.24) is 0 Å². The third kappa shape index (κ3) is 4.74. The van der Waals surface area contributed by atoms with Crippen LogP contribution in [0.15, 0.2) is 46.9 Å². The second-order valence-corrected chi connectivity index (χ2v) is 5.85. The number of carbonyl (C=O) groups excluding carboxylic acids is 1. The number of phenolic OH excluding ortho intramolecular Hbond substituents is 1. The highest BCUT2D eigenvalue weighted by Gasteiger charge is 2.08. The van der Waals surface area contributed by atoms with E-state index in [-0.39, 0.29) is 12.4 Å². The SMILES string of the molecule is COc1cc(/C=C/C(=O)OCc2ccccc2Cl)cc(Br)c1O. The van der Waals surface area contributed by atoms with Gasteiger partial charge in [-0.15, -0.1) is 0 Å². The first-order valence-electron chi connectivity index (χ1n) is 6.66. The fourth-order valence-electron chi connectivity index (χ4n) is 1.82. The van der Waals surface area contributed by atoms with Crippen LogP contribution in [-0.2, 0) is 16.1 Å². The summed E-state index contributed by atoms with van der Waals surface area (Å²) in [4.78, 5) is 11.8. The first kappa shape index (κ1) is 17.4. The lowest BCUT2D eigenvalue weighted by molar-refractivity contribution is -0.138. The Morgan fingerprint density at radius 2 is 2.09 bits per heavy atom. The van der Waals surface area contributed by atoms with Gasteiger partial charge in [0, 0.05) is 16.7 Å². The molecule has 2 rings (SSSR count). The van der Waals surface area contributed by atoms with E-state index in [2.05, 4.69) is 15.9 Å². The number of carbonyl (C=O) groups is 1. The average Bonchev–Trinajstić information content (AvgIpc) is 2.55. The van der Waals surface area contributed by atoms with Crippen LogP contribution in [0.5, 0.6) is 11.5 Å². The van der Waals surface area contributed by atoms with Gasteiger partial charge in [-0.2, -0.15) is 0 Å². The van der Waals surface area contributed by atoms with E-state index in [1.807, 2.05) is 12.1 Å². The van der Waals surface area contributed by atoms with Crippen molar-refractivity contribution in [2.75, 3.05) is 7.11 Å². The molecule has 0 radical (unpaired) electrons. The summed E-state index contributed by atoms with van der Waals surface area (Å²) in [7, 11) is 1.45. The molecule has 0 aliphatic carbocycles. The summed E-state index contributed by atoms with van der Waals surface area (Å²) < 4.78 is 10.7. The average molecular weight is 398 g/mol. The normalized spacial score (nSPS) is 10.7. The van der Waals surface area contributed by atoms with Crippen LogP contribution in [0.1, 0.15) is 11.1 Å². The van der Waals surface area contributed by atoms with Crippen LogP contribution in [0.2, 0.25) is 5.02 Å². The van der Waals surface area contributed by atoms with E-state index in [9.17, 15) is 9.90 Å². The van der Waals surface area contributed by atoms with Gasteiger partial charge in [0.1, 0.15) is 6.61 Å². The minimum Gasteiger partial charge on any atom is -0.503 e. The molecule has 2 aromatic carbocycles. The van der Waals surface area contributed by atoms with Gasteiger partial charge >= 0.3 is 5.97 Å². The van der Waals surface area contributed by atoms with Gasteiger partial charge in [-0.25, -0.2) is 4.79 Å². The number of methoxy groups -OCH3 is 1. The summed E-state index contributed by atoms with van der Waals surface area (Å²) in [5.41, 5.74) is 1.42. The second-order valence-electron chi connectivity index (χ2n) is 4.59. The summed E-state index contributed by atoms with van der Waals surface area (Å²) in [6, 6.07) is 10.4. The molecule has 0 aromatic heterocycles. The summed E-state index contributed by atoms with van der Waals surface area (Å²) in [5.74, 6) is -0.178. The van der Waals surface area contributed by atoms with E-state index >= 15 is 0 Å². The van der Waals surface area contributed by atoms with Crippen LogP contribution in [0.4, 0.5) is 0 Å². The van der Waals surface area contributed by atoms with Crippen LogP contribution < -0.4 is 4.74 Å². The van der Waals surface area contributed by atoms with E-state index in [1.54, 1.807) is 30.3 Å². The number of aromatic hydroxyl groups is 1. The molecule has 6 heteroatoms. The van der Waals surface area contributed by atoms with Gasteiger partial charge < -0.3 is 14.6 Å². The molecule has 0 spiro atoms. The Balaban J connectivity index is 2.01. The third-order valence-electron chi connectivity index (χ3n) is 3.01. The minimum atomic E-state index is -0.493. The molecule has 0 bridgehead atoms. The van der Waals surface area contributed by atoms with Crippen molar-refractivity contribution < 1.29 is 19.4 Å². The lowest BCUT2D eigenvalue weighted by Gasteiger charge is -2.06. The molecule has 23 heavy (non-hydrogen) atoms. The number of phenols is 1. The third-order valence-corrected chi connectivity index (χ3v) is 3.98. The van der Waals surface area contributed by atoms with Crippen molar-refractivity contribution in [3.63, 3.8) is 0 Å². The lowest BCUT2D eigenvalue weighted by Crippen LogP contribution is -2.01. The van der Waals surface area contributed by atoms with Gasteiger partial charge in [0.15, 0.2) is 11.5 Å². The Kier molecular flexibility index (Phi) is 6.07. The largest absolute Gasteiger partial charge is 0.503 e. The molecule has 0 unspecified atom stereocenters. The molecular weight excluding hydrogens is 384 g/mol. The number of esters is 1. The quantitative estimate of drug-likeness (QED) is 0.593. The van der Waals surface area contributed by atoms with Crippen molar-refractivity contribution in [3.05, 3.63) is 63.1 Å². The molecule has 0 saturated carbocycles. The molecule has 0 heterocycles. The standard InChI is InChI=1S/C17H14BrClO4/c1-22-15-9-11(8-13(18)17(15)21)6-7-16(20)23-10-12-4-2-3-5-14(12)19/h2-9,21H,10H2,1H3/b7-6+. The van der Waals surface area contributed by atoms with Gasteiger partial charge in [-0.05, 0) is 45.8 Å². The van der Waals surface area contributed by atoms with Crippen molar-refractivity contribution in [2.45, 2.75) is 6.61 Å². The number of ether oxygens (including phenoxy) is 2. The predicted octanol–water partition coefficient (Wildman–Crippen LogP) is 4.57. The van der Waals surface area contributed by atoms with Gasteiger partial charge in [0.25, 0.3) is 0 Å². The maximum Gasteiger partial charge on any atom is 0.331 e. The van der Waals surface area contributed by atoms with Crippen LogP contribution in [0.25, 0.3) is 6.08 Å². The molecule has 0 aliphatic rings. The molecule has 1 N–H and O–H groups in total. The summed E-state index contributed by atoms with van der Waals surface area (Å²) in [5, 5.41) is 10.3. The van der Waals surface area contributed by atoms with Crippen LogP contribution >= 0.6 is 27.5 Å². The molecule has 0 atom stereocenters. The maximum atomic E-state index is 11.8. The minimum absolute atomic E-state index is 0.00551. The number of halogens is 2. The zero-order chi connectivity index (χ0) is 16.8. The first-order chi connectivity index (χ1) is 11.0. The van der Waals surface area contributed by atoms with Crippen molar-refractivity contribution in [2.24, 2.45) is 0 Å². The van der Waals surface area contributed by atoms with E-state index in [1.165, 1.54) is 13.2 Å². The highest BCUT2D eigenvalue weighted by molar-refractivity contribution is 9.10. The highest BCUT2D eigenvalue weighted by atomic mass is 79.9. The van der Waals surface area contributed by atoms with E-state index in [0.29, 0.717) is 20.8 Å². The number of benzene rings is 2. The molecule has 2 aromatic rings. The van der Waals surface area contributed by atoms with Crippen molar-refractivity contribution in [3.8, 4) is 11.5 Å². The Bertz CT molecular complexity index is 743. The monoisotopic (exact) mass is 396 g/mol. The Hall–Kier alpha value is -1.98. The molecular formula is C17H14BrClO4. The Labute approximate surface area is 147 Å². The summed E-state index contributed by atoms with van der Waals surface area (Å²) in [6.07, 6.45) is 2.87. The fourth-order valence-corrected chi connectivity index (χ4v) is 2.47. The zero-order valence-corrected chi connectivity index (χ0v) is 14.6. The Morgan fingerprint density at radius 3 is 2.78 bits per heavy atom. The number of hydrogen-bond donors (Lipinski definition) is 1. The summed E-state index contributed by atoms with van der Waals surface area (Å²) in [6.45, 7) is 0.103. The smallest absolute Gasteiger partial charge is 0.331 e. The van der Waals surface area contributed by atoms with Crippen LogP contribution in [-0.4, -0.2) is 18.2 Å². The van der Waals surface area contributed by atoms with Crippen molar-refractivity contribution in [1.29, 1.82) is 0 Å². The number of rotatable bonds is 5. The molecule has 4 nitrogen and oxygen atoms in total. The lowest BCUT2D eigenvalue weighted by atomic mass is 10.2. The Morgan fingerprint density at radius 1 is 1.35 bits per heavy atom. The van der Waals surface area contributed by atoms with Gasteiger partial charge in [-0.3, -0.25) is 0 Å². The molecule has 120 valence electrons. The first-order valence-corrected chi connectivity index (χ1v) is 7.83. The second kappa shape index (κ2) is 8.04. The van der Waals surface area contributed by atoms with E-state index < -0.39 is 5.97 Å². The highest BCUT2D eigenvalue weighted by Crippen LogP contribution is 2.35. The zero-order valence-electron chi connectivity index (χ0n) is 12.3. The fraction of sp³-hybridized carbons (Fsp3) is 0.118. The van der Waals surface area contributed by atoms with Gasteiger partial charge in [0.05, 0.1) is 11.6 Å². The summed E-state index contributed by atoms with van der Waals surface area (Å²) >= 11 is 9.21. The molecule has 0 amide bonds. The van der Waals surface area contributed by atoms with Crippen LogP contribution in [0, 0.1) is 0 Å². The number of hydrogen-bond acceptors (Lipinski definition) is 4. The van der Waals surface area contributed by atoms with Gasteiger partial charge in [0.2, 0.25) is 0 Å². The van der Waals surface area contributed by atoms with Crippen molar-refractivity contribution >= 4 is 39.6 Å². The van der Waals surface area contributed by atoms with Gasteiger partial charge in [-0.1, -0.05) is 29.8 Å². The molecule has 0 saturated heterocycles.